The first kappa shape index (κ1) is 105. The lowest BCUT2D eigenvalue weighted by Crippen LogP contribution is -2.62. The van der Waals surface area contributed by atoms with Crippen LogP contribution in [0.1, 0.15) is 149 Å². The minimum absolute atomic E-state index is 0.000940. The number of thioether (sulfide) groups is 1. The zero-order chi connectivity index (χ0) is 97.8. The predicted molar refractivity (Wildman–Crippen MR) is 494 cm³/mol. The fourth-order valence-electron chi connectivity index (χ4n) is 16.5. The second-order valence-corrected chi connectivity index (χ2v) is 35.9. The number of para-hydroxylation sites is 2. The highest BCUT2D eigenvalue weighted by Gasteiger charge is 2.47. The van der Waals surface area contributed by atoms with Gasteiger partial charge in [-0.2, -0.15) is 0 Å². The summed E-state index contributed by atoms with van der Waals surface area (Å²) in [4.78, 5) is 262. The number of phenols is 1. The number of H-pyrrole nitrogens is 2. The van der Waals surface area contributed by atoms with E-state index in [4.69, 9.17) is 28.3 Å². The number of aromatic amines is 2. The van der Waals surface area contributed by atoms with E-state index >= 15 is 33.6 Å². The Labute approximate surface area is 775 Å². The highest BCUT2D eigenvalue weighted by molar-refractivity contribution is 8.00. The molecule has 0 spiro atoms. The smallest absolute Gasteiger partial charge is 0.246 e. The highest BCUT2D eigenvalue weighted by atomic mass is 32.2. The van der Waals surface area contributed by atoms with Crippen LogP contribution >= 0.6 is 11.8 Å². The van der Waals surface area contributed by atoms with Crippen LogP contribution in [0.3, 0.4) is 0 Å². The minimum Gasteiger partial charge on any atom is -0.508 e. The summed E-state index contributed by atoms with van der Waals surface area (Å²) in [5.41, 5.74) is 25.8. The molecule has 3 aliphatic heterocycles. The van der Waals surface area contributed by atoms with E-state index in [9.17, 15) is 58.2 Å². The molecule has 15 unspecified atom stereocenters. The number of aromatic nitrogens is 2. The second kappa shape index (κ2) is 50.1. The fourth-order valence-corrected chi connectivity index (χ4v) is 17.4. The number of aliphatic hydroxyl groups is 1. The Balaban J connectivity index is 1.20. The summed E-state index contributed by atoms with van der Waals surface area (Å²) in [5, 5.41) is 60.2. The Hall–Kier alpha value is -12.9. The van der Waals surface area contributed by atoms with E-state index < -0.39 is 241 Å². The zero-order valence-corrected chi connectivity index (χ0v) is 77.8. The van der Waals surface area contributed by atoms with Gasteiger partial charge in [-0.25, -0.2) is 0 Å². The molecule has 17 amide bonds. The summed E-state index contributed by atoms with van der Waals surface area (Å²) in [6.45, 7) is 9.93. The number of unbranched alkanes of at least 4 members (excludes halogenated alkanes) is 2. The van der Waals surface area contributed by atoms with E-state index in [1.54, 1.807) is 76.5 Å². The van der Waals surface area contributed by atoms with Crippen molar-refractivity contribution >= 4 is 140 Å². The van der Waals surface area contributed by atoms with Gasteiger partial charge in [-0.05, 0) is 105 Å². The highest BCUT2D eigenvalue weighted by Crippen LogP contribution is 2.28. The average molecular weight is 1870 g/mol. The molecule has 0 bridgehead atoms. The van der Waals surface area contributed by atoms with Gasteiger partial charge in [0.15, 0.2) is 5.96 Å². The molecule has 5 heterocycles. The van der Waals surface area contributed by atoms with Crippen LogP contribution in [0, 0.1) is 17.2 Å². The number of guanidine groups is 1. The summed E-state index contributed by atoms with van der Waals surface area (Å²) >= 11 is 0.769. The Morgan fingerprint density at radius 2 is 1.08 bits per heavy atom. The van der Waals surface area contributed by atoms with Crippen molar-refractivity contribution in [2.45, 2.75) is 242 Å². The van der Waals surface area contributed by atoms with E-state index in [-0.39, 0.29) is 95.4 Å². The first-order valence-corrected chi connectivity index (χ1v) is 46.2. The number of aliphatic hydroxyl groups excluding tert-OH is 1. The average Bonchev–Trinajstić information content (AvgIpc) is 1.76. The molecule has 0 radical (unpaired) electrons. The van der Waals surface area contributed by atoms with Crippen LogP contribution in [0.5, 0.6) is 5.75 Å². The Bertz CT molecular complexity index is 4990. The molecule has 0 saturated carbocycles. The number of primary amides is 2. The molecule has 3 aliphatic rings. The summed E-state index contributed by atoms with van der Waals surface area (Å²) in [7, 11) is 3.98. The molecule has 3 fully saturated rings. The van der Waals surface area contributed by atoms with Gasteiger partial charge in [0.05, 0.1) is 24.8 Å². The number of hydrogen-bond acceptors (Lipinski definition) is 22. The van der Waals surface area contributed by atoms with Crippen molar-refractivity contribution in [1.29, 1.82) is 5.41 Å². The minimum atomic E-state index is -1.77. The van der Waals surface area contributed by atoms with Crippen LogP contribution in [0.2, 0.25) is 0 Å². The molecule has 42 nitrogen and oxygen atoms in total. The SMILES string of the molecule is CCCCC1C(=O)N(C)C(CCCC)C(=O)NC(CCCNC(=N)N)C(=O)NC(C(=O)NCC(N)=O)CSCC(=O)NC(Cc2ccc(O)cc2)C(=O)N(C)C(C)C(=O)NC(CC(N)=O)C(=O)N2CCCC2C(=O)NC(CN)C(=O)NC(CC(C)C)C(=O)N2CC(O)CC2C(=O)NC(Cc2c[nH]c3ccccc23)C(=O)NC(C(C)C)C(=O)NC(Cc2c[nH]c3ccccc23)C(=O)N1C. The maximum atomic E-state index is 15.9. The maximum Gasteiger partial charge on any atom is 0.246 e. The van der Waals surface area contributed by atoms with E-state index in [0.29, 0.717) is 64.2 Å². The first-order valence-electron chi connectivity index (χ1n) is 45.0. The number of amides is 17. The van der Waals surface area contributed by atoms with Gasteiger partial charge in [0.1, 0.15) is 90.3 Å². The van der Waals surface area contributed by atoms with Gasteiger partial charge in [0.25, 0.3) is 0 Å². The number of carbonyl (C=O) groups is 17. The third kappa shape index (κ3) is 29.5. The molecule has 24 N–H and O–H groups in total. The van der Waals surface area contributed by atoms with E-state index in [2.05, 4.69) is 68.5 Å². The number of phenolic OH excluding ortho intramolecular Hbond substituents is 1. The zero-order valence-electron chi connectivity index (χ0n) is 76.9. The summed E-state index contributed by atoms with van der Waals surface area (Å²) < 4.78 is 0. The topological polar surface area (TPSA) is 639 Å². The number of rotatable bonds is 25. The molecule has 0 aliphatic carbocycles. The monoisotopic (exact) mass is 1870 g/mol. The quantitative estimate of drug-likeness (QED) is 0.0166. The van der Waals surface area contributed by atoms with Crippen molar-refractivity contribution < 1.29 is 91.7 Å². The van der Waals surface area contributed by atoms with Gasteiger partial charge in [0, 0.05) is 113 Å². The number of carbonyl (C=O) groups excluding carboxylic acids is 17. The number of likely N-dealkylation sites (N-methyl/N-ethyl adjacent to an activating group) is 3. The largest absolute Gasteiger partial charge is 0.508 e. The van der Waals surface area contributed by atoms with Crippen molar-refractivity contribution in [3.05, 3.63) is 102 Å². The third-order valence-electron chi connectivity index (χ3n) is 24.0. The molecule has 3 saturated heterocycles. The molecule has 43 heteroatoms. The van der Waals surface area contributed by atoms with Crippen molar-refractivity contribution in [1.82, 2.24) is 93.0 Å². The standard InChI is InChI=1S/C90H131N23O19S/c1-11-13-26-68-81(124)101-60(25-19-33-96-90(94)95)78(121)107-67(77(120)99-44-73(93)117)46-133-47-74(118)100-63(36-51-29-31-54(114)32-30-51)85(128)109(8)50(7)76(119)103-65(40-72(92)116)87(130)112-34-20-28-69(112)82(125)106-66(41-91)80(123)104-62(35-48(3)4)88(131)113-45-55(115)39-71(113)83(126)102-61(37-52-42-97-58-23-17-15-21-56(52)58)79(122)108-75(49(5)6)84(127)105-64(38-53-43-98-59-24-18-16-22-57(53)59)86(129)111(10)70(27-14-12-2)89(132)110(68)9/h15-18,21-24,29-32,42-43,48-50,55,60-71,75,97-98,114-115H,11-14,19-20,25-28,33-41,44-47,91H2,1-10H3,(H2,92,116)(H2,93,117)(H,99,120)(H,100,118)(H,101,124)(H,102,126)(H,103,119)(H,104,123)(H,105,127)(H,106,125)(H,107,121)(H,108,122)(H4,94,95,96). The van der Waals surface area contributed by atoms with Crippen molar-refractivity contribution in [3.8, 4) is 5.75 Å². The first-order chi connectivity index (χ1) is 63.1. The lowest BCUT2D eigenvalue weighted by molar-refractivity contribution is -0.149. The third-order valence-corrected chi connectivity index (χ3v) is 25.0. The molecule has 15 atom stereocenters. The van der Waals surface area contributed by atoms with Gasteiger partial charge in [-0.15, -0.1) is 11.8 Å². The summed E-state index contributed by atoms with van der Waals surface area (Å²) in [6.07, 6.45) is 1.82. The molecular formula is C90H131N23O19S. The summed E-state index contributed by atoms with van der Waals surface area (Å²) in [6, 6.07) is -1.18. The maximum absolute atomic E-state index is 15.9. The summed E-state index contributed by atoms with van der Waals surface area (Å²) in [5.74, 6) is -18.1. The van der Waals surface area contributed by atoms with Gasteiger partial charge < -0.3 is 126 Å². The van der Waals surface area contributed by atoms with Crippen molar-refractivity contribution in [2.75, 3.05) is 65.4 Å². The van der Waals surface area contributed by atoms with Crippen LogP contribution in [-0.2, 0) is 101 Å². The number of nitrogens with one attached hydrogen (secondary N) is 14. The lowest BCUT2D eigenvalue weighted by atomic mass is 9.98. The van der Waals surface area contributed by atoms with Gasteiger partial charge in [-0.3, -0.25) is 86.9 Å². The van der Waals surface area contributed by atoms with E-state index in [0.717, 1.165) is 26.5 Å². The van der Waals surface area contributed by atoms with Crippen molar-refractivity contribution in [3.63, 3.8) is 0 Å². The predicted octanol–water partition coefficient (Wildman–Crippen LogP) is -2.27. The molecule has 3 aromatic carbocycles. The number of benzene rings is 3. The van der Waals surface area contributed by atoms with Crippen LogP contribution in [0.25, 0.3) is 21.8 Å². The molecular weight excluding hydrogens is 1740 g/mol. The molecule has 8 rings (SSSR count). The normalized spacial score (nSPS) is 25.0. The van der Waals surface area contributed by atoms with Crippen LogP contribution < -0.4 is 81.4 Å². The van der Waals surface area contributed by atoms with Crippen LogP contribution in [0.4, 0.5) is 0 Å². The number of nitrogens with two attached hydrogens (primary N) is 4. The van der Waals surface area contributed by atoms with E-state index in [1.165, 1.54) is 62.1 Å². The van der Waals surface area contributed by atoms with Crippen LogP contribution in [0.15, 0.2) is 85.2 Å². The van der Waals surface area contributed by atoms with Gasteiger partial charge in [-0.1, -0.05) is 116 Å². The Morgan fingerprint density at radius 1 is 0.541 bits per heavy atom. The number of fused-ring (bicyclic) bond motifs is 4. The molecule has 133 heavy (non-hydrogen) atoms. The molecule has 5 aromatic rings. The van der Waals surface area contributed by atoms with E-state index in [1.807, 2.05) is 26.0 Å². The number of nitrogens with zero attached hydrogens (tertiary/aromatic N) is 5. The Morgan fingerprint density at radius 3 is 1.67 bits per heavy atom. The second-order valence-electron chi connectivity index (χ2n) is 34.9. The van der Waals surface area contributed by atoms with Gasteiger partial charge in [0.2, 0.25) is 100 Å². The molecule has 726 valence electrons. The fraction of sp³-hybridized carbons (Fsp3) is 0.556. The molecule has 2 aromatic heterocycles. The van der Waals surface area contributed by atoms with Crippen LogP contribution in [-0.4, -0.2) is 307 Å². The van der Waals surface area contributed by atoms with Crippen molar-refractivity contribution in [2.24, 2.45) is 34.8 Å². The lowest BCUT2D eigenvalue weighted by Gasteiger charge is -2.36. The Kier molecular flexibility index (Phi) is 39.7. The number of aromatic hydroxyl groups is 1. The number of hydrogen-bond donors (Lipinski definition) is 20. The van der Waals surface area contributed by atoms with Gasteiger partial charge >= 0.3 is 0 Å².